The molecule has 1 unspecified atom stereocenters. The molecule has 0 aliphatic carbocycles. The molecule has 0 spiro atoms. The molecule has 0 aromatic heterocycles. The zero-order chi connectivity index (χ0) is 15.1. The monoisotopic (exact) mass is 279 g/mol. The number of oxime groups is 1. The summed E-state index contributed by atoms with van der Waals surface area (Å²) in [4.78, 5) is 13.8. The van der Waals surface area contributed by atoms with E-state index in [2.05, 4.69) is 5.16 Å². The number of hydrogen-bond donors (Lipinski definition) is 2. The first-order valence-electron chi connectivity index (χ1n) is 6.33. The molecule has 6 nitrogen and oxygen atoms in total. The van der Waals surface area contributed by atoms with Gasteiger partial charge in [-0.05, 0) is 13.0 Å². The number of carbonyl (C=O) groups is 1. The van der Waals surface area contributed by atoms with Gasteiger partial charge in [-0.25, -0.2) is 0 Å². The molecule has 1 aromatic carbocycles. The van der Waals surface area contributed by atoms with E-state index in [1.165, 1.54) is 0 Å². The van der Waals surface area contributed by atoms with Crippen LogP contribution in [0.4, 0.5) is 0 Å². The van der Waals surface area contributed by atoms with Gasteiger partial charge in [-0.1, -0.05) is 23.4 Å². The number of para-hydroxylation sites is 1. The van der Waals surface area contributed by atoms with Gasteiger partial charge in [0, 0.05) is 25.1 Å². The molecule has 3 N–H and O–H groups in total. The average Bonchev–Trinajstić information content (AvgIpc) is 2.46. The number of rotatable bonds is 6. The van der Waals surface area contributed by atoms with E-state index in [-0.39, 0.29) is 24.2 Å². The van der Waals surface area contributed by atoms with Gasteiger partial charge in [0.2, 0.25) is 5.91 Å². The fourth-order valence-electron chi connectivity index (χ4n) is 1.86. The Morgan fingerprint density at radius 1 is 1.50 bits per heavy atom. The molecule has 1 rings (SSSR count). The Hall–Kier alpha value is -2.24. The molecular formula is C14H21N3O3. The summed E-state index contributed by atoms with van der Waals surface area (Å²) in [6, 6.07) is 7.26. The second-order valence-electron chi connectivity index (χ2n) is 4.64. The highest BCUT2D eigenvalue weighted by molar-refractivity contribution is 5.83. The van der Waals surface area contributed by atoms with Crippen molar-refractivity contribution in [1.29, 1.82) is 0 Å². The third kappa shape index (κ3) is 4.15. The van der Waals surface area contributed by atoms with Crippen LogP contribution in [0.3, 0.4) is 0 Å². The number of carbonyl (C=O) groups excluding carboxylic acids is 1. The third-order valence-corrected chi connectivity index (χ3v) is 3.22. The van der Waals surface area contributed by atoms with Crippen molar-refractivity contribution in [2.75, 3.05) is 14.2 Å². The predicted octanol–water partition coefficient (Wildman–Crippen LogP) is 1.22. The fourth-order valence-corrected chi connectivity index (χ4v) is 1.86. The Labute approximate surface area is 118 Å². The summed E-state index contributed by atoms with van der Waals surface area (Å²) in [5.41, 5.74) is 6.29. The Balaban J connectivity index is 2.70. The summed E-state index contributed by atoms with van der Waals surface area (Å²) in [5, 5.41) is 11.5. The molecule has 6 heteroatoms. The number of likely N-dealkylation sites (N-methyl/N-ethyl adjacent to an activating group) is 1. The molecule has 0 fully saturated rings. The summed E-state index contributed by atoms with van der Waals surface area (Å²) < 4.78 is 5.23. The average molecular weight is 279 g/mol. The van der Waals surface area contributed by atoms with E-state index in [4.69, 9.17) is 15.7 Å². The summed E-state index contributed by atoms with van der Waals surface area (Å²) in [6.07, 6.45) is 0.575. The normalized spacial score (nSPS) is 12.8. The molecule has 0 aliphatic heterocycles. The Bertz CT molecular complexity index is 488. The van der Waals surface area contributed by atoms with E-state index < -0.39 is 0 Å². The first-order chi connectivity index (χ1) is 9.49. The first-order valence-corrected chi connectivity index (χ1v) is 6.33. The number of ether oxygens (including phenoxy) is 1. The van der Waals surface area contributed by atoms with Crippen LogP contribution in [-0.4, -0.2) is 42.0 Å². The van der Waals surface area contributed by atoms with E-state index >= 15 is 0 Å². The van der Waals surface area contributed by atoms with Crippen LogP contribution in [0.5, 0.6) is 5.75 Å². The molecule has 0 saturated heterocycles. The van der Waals surface area contributed by atoms with Crippen molar-refractivity contribution in [3.05, 3.63) is 29.8 Å². The zero-order valence-electron chi connectivity index (χ0n) is 12.0. The highest BCUT2D eigenvalue weighted by atomic mass is 16.5. The fraction of sp³-hybridized carbons (Fsp3) is 0.429. The number of benzene rings is 1. The maximum absolute atomic E-state index is 12.2. The molecule has 0 saturated carbocycles. The lowest BCUT2D eigenvalue weighted by molar-refractivity contribution is -0.130. The van der Waals surface area contributed by atoms with Crippen LogP contribution in [-0.2, 0) is 11.2 Å². The van der Waals surface area contributed by atoms with Gasteiger partial charge in [0.05, 0.1) is 13.5 Å². The molecule has 0 bridgehead atoms. The number of methoxy groups -OCH3 is 1. The summed E-state index contributed by atoms with van der Waals surface area (Å²) in [5.74, 6) is 0.750. The Kier molecular flexibility index (Phi) is 5.83. The standard InChI is InChI=1S/C14H21N3O3/c1-10(8-13(15)16-19)17(2)14(18)9-11-6-4-5-7-12(11)20-3/h4-7,10,19H,8-9H2,1-3H3,(H2,15,16). The van der Waals surface area contributed by atoms with Gasteiger partial charge in [0.1, 0.15) is 11.6 Å². The maximum atomic E-state index is 12.2. The van der Waals surface area contributed by atoms with Crippen LogP contribution in [0.15, 0.2) is 29.4 Å². The van der Waals surface area contributed by atoms with Gasteiger partial charge >= 0.3 is 0 Å². The molecule has 1 aromatic rings. The van der Waals surface area contributed by atoms with Crippen LogP contribution in [0.25, 0.3) is 0 Å². The van der Waals surface area contributed by atoms with Crippen molar-refractivity contribution in [2.24, 2.45) is 10.9 Å². The molecular weight excluding hydrogens is 258 g/mol. The molecule has 0 aliphatic rings. The van der Waals surface area contributed by atoms with Gasteiger partial charge in [-0.3, -0.25) is 4.79 Å². The van der Waals surface area contributed by atoms with Crippen LogP contribution >= 0.6 is 0 Å². The third-order valence-electron chi connectivity index (χ3n) is 3.22. The highest BCUT2D eigenvalue weighted by Gasteiger charge is 2.18. The van der Waals surface area contributed by atoms with Gasteiger partial charge in [-0.15, -0.1) is 0 Å². The SMILES string of the molecule is COc1ccccc1CC(=O)N(C)C(C)CC(N)=NO. The van der Waals surface area contributed by atoms with Crippen molar-refractivity contribution < 1.29 is 14.7 Å². The van der Waals surface area contributed by atoms with Crippen LogP contribution in [0.1, 0.15) is 18.9 Å². The van der Waals surface area contributed by atoms with E-state index in [1.54, 1.807) is 19.1 Å². The molecule has 110 valence electrons. The van der Waals surface area contributed by atoms with Crippen molar-refractivity contribution >= 4 is 11.7 Å². The highest BCUT2D eigenvalue weighted by Crippen LogP contribution is 2.18. The van der Waals surface area contributed by atoms with Crippen molar-refractivity contribution in [3.63, 3.8) is 0 Å². The van der Waals surface area contributed by atoms with Crippen LogP contribution in [0, 0.1) is 0 Å². The molecule has 20 heavy (non-hydrogen) atoms. The van der Waals surface area contributed by atoms with E-state index in [0.717, 1.165) is 5.56 Å². The van der Waals surface area contributed by atoms with E-state index in [0.29, 0.717) is 12.2 Å². The minimum absolute atomic E-state index is 0.0484. The lowest BCUT2D eigenvalue weighted by atomic mass is 10.1. The van der Waals surface area contributed by atoms with Crippen molar-refractivity contribution in [1.82, 2.24) is 4.90 Å². The quantitative estimate of drug-likeness (QED) is 0.355. The number of nitrogens with two attached hydrogens (primary N) is 1. The lowest BCUT2D eigenvalue weighted by Crippen LogP contribution is -2.38. The zero-order valence-corrected chi connectivity index (χ0v) is 12.0. The van der Waals surface area contributed by atoms with E-state index in [9.17, 15) is 4.79 Å². The van der Waals surface area contributed by atoms with Crippen LogP contribution < -0.4 is 10.5 Å². The molecule has 0 heterocycles. The minimum Gasteiger partial charge on any atom is -0.496 e. The minimum atomic E-state index is -0.145. The summed E-state index contributed by atoms with van der Waals surface area (Å²) in [7, 11) is 3.28. The van der Waals surface area contributed by atoms with Crippen molar-refractivity contribution in [2.45, 2.75) is 25.8 Å². The topological polar surface area (TPSA) is 88.2 Å². The van der Waals surface area contributed by atoms with Gasteiger partial charge in [-0.2, -0.15) is 0 Å². The maximum Gasteiger partial charge on any atom is 0.227 e. The van der Waals surface area contributed by atoms with E-state index in [1.807, 2.05) is 31.2 Å². The Morgan fingerprint density at radius 2 is 2.15 bits per heavy atom. The number of amides is 1. The number of hydrogen-bond acceptors (Lipinski definition) is 4. The second kappa shape index (κ2) is 7.37. The smallest absolute Gasteiger partial charge is 0.227 e. The Morgan fingerprint density at radius 3 is 2.75 bits per heavy atom. The predicted molar refractivity (Wildman–Crippen MR) is 77.0 cm³/mol. The number of amidine groups is 1. The number of nitrogens with zero attached hydrogens (tertiary/aromatic N) is 2. The van der Waals surface area contributed by atoms with Crippen molar-refractivity contribution in [3.8, 4) is 5.75 Å². The largest absolute Gasteiger partial charge is 0.496 e. The van der Waals surface area contributed by atoms with Gasteiger partial charge in [0.25, 0.3) is 0 Å². The summed E-state index contributed by atoms with van der Waals surface area (Å²) in [6.45, 7) is 1.85. The molecule has 1 amide bonds. The van der Waals surface area contributed by atoms with Gasteiger partial charge < -0.3 is 20.6 Å². The molecule has 1 atom stereocenters. The lowest BCUT2D eigenvalue weighted by Gasteiger charge is -2.25. The molecule has 0 radical (unpaired) electrons. The second-order valence-corrected chi connectivity index (χ2v) is 4.64. The first kappa shape index (κ1) is 15.8. The van der Waals surface area contributed by atoms with Gasteiger partial charge in [0.15, 0.2) is 0 Å². The summed E-state index contributed by atoms with van der Waals surface area (Å²) >= 11 is 0. The van der Waals surface area contributed by atoms with Crippen LogP contribution in [0.2, 0.25) is 0 Å².